The molecule has 2 aliphatic heterocycles. The zero-order valence-corrected chi connectivity index (χ0v) is 20.9. The first-order valence-electron chi connectivity index (χ1n) is 12.0. The van der Waals surface area contributed by atoms with Crippen molar-refractivity contribution in [1.29, 1.82) is 0 Å². The number of hydrogen-bond acceptors (Lipinski definition) is 5. The summed E-state index contributed by atoms with van der Waals surface area (Å²) in [5, 5.41) is 18.3. The second-order valence-electron chi connectivity index (χ2n) is 9.61. The first-order valence-corrected chi connectivity index (χ1v) is 13.5. The van der Waals surface area contributed by atoms with Gasteiger partial charge in [0.2, 0.25) is 10.0 Å². The topological polar surface area (TPSA) is 87.1 Å². The fourth-order valence-electron chi connectivity index (χ4n) is 5.63. The number of alkyl halides is 3. The molecule has 10 heteroatoms. The van der Waals surface area contributed by atoms with Gasteiger partial charge in [0.15, 0.2) is 0 Å². The quantitative estimate of drug-likeness (QED) is 0.407. The van der Waals surface area contributed by atoms with Gasteiger partial charge in [-0.25, -0.2) is 8.42 Å². The van der Waals surface area contributed by atoms with Gasteiger partial charge in [0, 0.05) is 11.8 Å². The molecular formula is C28H26F3NO5S. The summed E-state index contributed by atoms with van der Waals surface area (Å²) in [6, 6.07) is 18.5. The molecule has 2 N–H and O–H groups in total. The zero-order valence-electron chi connectivity index (χ0n) is 20.1. The fraction of sp³-hybridized carbons (Fsp3) is 0.286. The summed E-state index contributed by atoms with van der Waals surface area (Å²) >= 11 is 0. The molecule has 6 nitrogen and oxygen atoms in total. The molecule has 3 aromatic carbocycles. The third-order valence-electron chi connectivity index (χ3n) is 7.29. The average Bonchev–Trinajstić information content (AvgIpc) is 3.48. The van der Waals surface area contributed by atoms with Crippen molar-refractivity contribution < 1.29 is 36.5 Å². The van der Waals surface area contributed by atoms with Gasteiger partial charge in [0.05, 0.1) is 17.9 Å². The summed E-state index contributed by atoms with van der Waals surface area (Å²) in [5.41, 5.74) is 2.07. The van der Waals surface area contributed by atoms with Crippen LogP contribution in [0, 0.1) is 0 Å². The monoisotopic (exact) mass is 545 g/mol. The maximum Gasteiger partial charge on any atom is 0.407 e. The SMILES string of the molecule is C=Cc1ccc(N(CC(F)(F)F)S(=O)(=O)[C@@H]2C[C@@H]3O[C@H]2[C@H](c2ccc(O)cc2)[C@H]3c2ccc(O)cc2)cc1. The molecule has 5 atom stereocenters. The van der Waals surface area contributed by atoms with E-state index in [9.17, 15) is 31.8 Å². The number of nitrogens with zero attached hydrogens (tertiary/aromatic N) is 1. The zero-order chi connectivity index (χ0) is 27.2. The number of benzene rings is 3. The minimum absolute atomic E-state index is 0.0201. The Morgan fingerprint density at radius 1 is 0.895 bits per heavy atom. The number of hydrogen-bond donors (Lipinski definition) is 2. The second-order valence-corrected chi connectivity index (χ2v) is 11.7. The number of aromatic hydroxyl groups is 2. The van der Waals surface area contributed by atoms with Crippen molar-refractivity contribution in [3.8, 4) is 11.5 Å². The summed E-state index contributed by atoms with van der Waals surface area (Å²) in [5.74, 6) is -0.693. The van der Waals surface area contributed by atoms with E-state index in [1.54, 1.807) is 24.3 Å². The number of fused-ring (bicyclic) bond motifs is 2. The molecule has 0 aliphatic carbocycles. The first-order chi connectivity index (χ1) is 18.0. The number of sulfonamides is 1. The second kappa shape index (κ2) is 9.67. The Kier molecular flexibility index (Phi) is 6.65. The Morgan fingerprint density at radius 2 is 1.42 bits per heavy atom. The molecule has 2 saturated heterocycles. The van der Waals surface area contributed by atoms with Crippen LogP contribution in [-0.4, -0.2) is 48.8 Å². The summed E-state index contributed by atoms with van der Waals surface area (Å²) in [4.78, 5) is 0. The van der Waals surface area contributed by atoms with Gasteiger partial charge in [0.25, 0.3) is 0 Å². The molecule has 0 amide bonds. The van der Waals surface area contributed by atoms with Crippen LogP contribution in [0.5, 0.6) is 11.5 Å². The van der Waals surface area contributed by atoms with E-state index in [1.165, 1.54) is 54.6 Å². The Balaban J connectivity index is 1.55. The van der Waals surface area contributed by atoms with Gasteiger partial charge >= 0.3 is 6.18 Å². The smallest absolute Gasteiger partial charge is 0.407 e. The molecule has 0 unspecified atom stereocenters. The predicted octanol–water partition coefficient (Wildman–Crippen LogP) is 5.55. The highest BCUT2D eigenvalue weighted by atomic mass is 32.2. The molecule has 2 aliphatic rings. The lowest BCUT2D eigenvalue weighted by Crippen LogP contribution is -2.49. The summed E-state index contributed by atoms with van der Waals surface area (Å²) in [6.45, 7) is 1.96. The van der Waals surface area contributed by atoms with E-state index in [1.807, 2.05) is 0 Å². The average molecular weight is 546 g/mol. The standard InChI is InChI=1S/C28H26F3NO5S/c1-2-17-3-9-20(10-4-17)32(16-28(29,30)31)38(35,36)24-15-23-25(18-5-11-21(33)12-6-18)26(27(24)37-23)19-7-13-22(34)14-8-19/h2-14,23-27,33-34H,1,15-16H2/t23-,24+,25-,26+,27+/m0/s1. The molecule has 200 valence electrons. The van der Waals surface area contributed by atoms with E-state index < -0.39 is 46.1 Å². The number of phenolic OH excluding ortho intramolecular Hbond substituents is 2. The fourth-order valence-corrected chi connectivity index (χ4v) is 7.70. The van der Waals surface area contributed by atoms with Crippen molar-refractivity contribution in [1.82, 2.24) is 0 Å². The molecule has 3 aromatic rings. The molecule has 2 heterocycles. The van der Waals surface area contributed by atoms with Gasteiger partial charge in [-0.3, -0.25) is 4.31 Å². The summed E-state index contributed by atoms with van der Waals surface area (Å²) in [6.07, 6.45) is -4.72. The normalized spacial score (nSPS) is 24.9. The molecule has 5 rings (SSSR count). The Morgan fingerprint density at radius 3 is 1.92 bits per heavy atom. The highest BCUT2D eigenvalue weighted by molar-refractivity contribution is 7.93. The van der Waals surface area contributed by atoms with Crippen LogP contribution >= 0.6 is 0 Å². The maximum atomic E-state index is 13.9. The molecule has 2 bridgehead atoms. The van der Waals surface area contributed by atoms with Crippen molar-refractivity contribution in [3.63, 3.8) is 0 Å². The number of rotatable bonds is 7. The van der Waals surface area contributed by atoms with Crippen molar-refractivity contribution in [2.75, 3.05) is 10.8 Å². The van der Waals surface area contributed by atoms with Crippen LogP contribution in [-0.2, 0) is 14.8 Å². The van der Waals surface area contributed by atoms with E-state index in [-0.39, 0.29) is 29.5 Å². The third-order valence-corrected chi connectivity index (χ3v) is 9.47. The molecule has 0 spiro atoms. The highest BCUT2D eigenvalue weighted by Gasteiger charge is 2.60. The van der Waals surface area contributed by atoms with Crippen LogP contribution < -0.4 is 4.31 Å². The third kappa shape index (κ3) is 4.86. The van der Waals surface area contributed by atoms with E-state index >= 15 is 0 Å². The lowest BCUT2D eigenvalue weighted by molar-refractivity contribution is -0.117. The molecule has 0 aromatic heterocycles. The summed E-state index contributed by atoms with van der Waals surface area (Å²) in [7, 11) is -4.53. The number of phenols is 2. The van der Waals surface area contributed by atoms with Gasteiger partial charge in [-0.05, 0) is 59.5 Å². The number of anilines is 1. The Bertz CT molecular complexity index is 1410. The van der Waals surface area contributed by atoms with Gasteiger partial charge < -0.3 is 14.9 Å². The van der Waals surface area contributed by atoms with Crippen molar-refractivity contribution in [2.24, 2.45) is 0 Å². The summed E-state index contributed by atoms with van der Waals surface area (Å²) < 4.78 is 75.4. The van der Waals surface area contributed by atoms with Crippen molar-refractivity contribution in [3.05, 3.63) is 96.1 Å². The van der Waals surface area contributed by atoms with E-state index in [0.717, 1.165) is 5.56 Å². The number of ether oxygens (including phenoxy) is 1. The lowest BCUT2D eigenvalue weighted by atomic mass is 9.72. The van der Waals surface area contributed by atoms with Crippen LogP contribution in [0.15, 0.2) is 79.4 Å². The maximum absolute atomic E-state index is 13.9. The largest absolute Gasteiger partial charge is 0.508 e. The molecule has 0 radical (unpaired) electrons. The van der Waals surface area contributed by atoms with Gasteiger partial charge in [-0.2, -0.15) is 13.2 Å². The van der Waals surface area contributed by atoms with E-state index in [0.29, 0.717) is 15.4 Å². The van der Waals surface area contributed by atoms with Crippen molar-refractivity contribution in [2.45, 2.75) is 41.9 Å². The molecule has 38 heavy (non-hydrogen) atoms. The highest BCUT2D eigenvalue weighted by Crippen LogP contribution is 2.56. The van der Waals surface area contributed by atoms with Crippen molar-refractivity contribution >= 4 is 21.8 Å². The van der Waals surface area contributed by atoms with Crippen LogP contribution in [0.3, 0.4) is 0 Å². The Hall–Kier alpha value is -3.50. The van der Waals surface area contributed by atoms with Crippen LogP contribution in [0.2, 0.25) is 0 Å². The van der Waals surface area contributed by atoms with E-state index in [2.05, 4.69) is 6.58 Å². The molecular weight excluding hydrogens is 519 g/mol. The van der Waals surface area contributed by atoms with Gasteiger partial charge in [-0.1, -0.05) is 49.1 Å². The van der Waals surface area contributed by atoms with Crippen LogP contribution in [0.1, 0.15) is 34.9 Å². The number of halogens is 3. The van der Waals surface area contributed by atoms with Crippen LogP contribution in [0.25, 0.3) is 6.08 Å². The minimum Gasteiger partial charge on any atom is -0.508 e. The first kappa shape index (κ1) is 26.1. The van der Waals surface area contributed by atoms with Gasteiger partial charge in [-0.15, -0.1) is 0 Å². The Labute approximate surface area is 218 Å². The molecule has 0 saturated carbocycles. The minimum atomic E-state index is -4.77. The van der Waals surface area contributed by atoms with Gasteiger partial charge in [0.1, 0.15) is 23.3 Å². The molecule has 2 fully saturated rings. The lowest BCUT2D eigenvalue weighted by Gasteiger charge is -2.36. The van der Waals surface area contributed by atoms with Crippen LogP contribution in [0.4, 0.5) is 18.9 Å². The predicted molar refractivity (Wildman–Crippen MR) is 138 cm³/mol. The van der Waals surface area contributed by atoms with E-state index in [4.69, 9.17) is 4.74 Å².